The van der Waals surface area contributed by atoms with Crippen LogP contribution >= 0.6 is 11.6 Å². The maximum Gasteiger partial charge on any atom is 0.320 e. The molecule has 100 valence electrons. The van der Waals surface area contributed by atoms with Crippen molar-refractivity contribution in [1.29, 1.82) is 0 Å². The zero-order chi connectivity index (χ0) is 13.9. The first-order chi connectivity index (χ1) is 8.42. The van der Waals surface area contributed by atoms with Crippen LogP contribution in [0.2, 0.25) is 5.02 Å². The second-order valence-corrected chi connectivity index (χ2v) is 3.95. The number of carboxylic acid groups (broad SMARTS) is 1. The molecule has 0 aromatic heterocycles. The molecule has 1 aromatic rings. The Kier molecular flexibility index (Phi) is 4.63. The molecular weight excluding hydrogens is 262 g/mol. The lowest BCUT2D eigenvalue weighted by molar-refractivity contribution is -0.138. The van der Waals surface area contributed by atoms with Crippen molar-refractivity contribution in [2.24, 2.45) is 5.73 Å². The van der Waals surface area contributed by atoms with Gasteiger partial charge >= 0.3 is 5.97 Å². The molecule has 1 unspecified atom stereocenters. The third kappa shape index (κ3) is 2.77. The first kappa shape index (κ1) is 14.4. The quantitative estimate of drug-likeness (QED) is 0.741. The van der Waals surface area contributed by atoms with Gasteiger partial charge in [-0.05, 0) is 0 Å². The molecule has 1 atom stereocenters. The minimum atomic E-state index is -1.17. The second kappa shape index (κ2) is 5.79. The molecule has 18 heavy (non-hydrogen) atoms. The highest BCUT2D eigenvalue weighted by Crippen LogP contribution is 2.42. The average molecular weight is 276 g/mol. The maximum atomic E-state index is 10.8. The van der Waals surface area contributed by atoms with E-state index in [2.05, 4.69) is 0 Å². The van der Waals surface area contributed by atoms with Gasteiger partial charge in [-0.1, -0.05) is 11.6 Å². The normalized spacial score (nSPS) is 12.0. The third-order valence-electron chi connectivity index (χ3n) is 2.42. The first-order valence-electron chi connectivity index (χ1n) is 5.03. The summed E-state index contributed by atoms with van der Waals surface area (Å²) in [5, 5.41) is 18.4. The summed E-state index contributed by atoms with van der Waals surface area (Å²) in [5.41, 5.74) is 5.74. The van der Waals surface area contributed by atoms with Gasteiger partial charge in [-0.3, -0.25) is 4.79 Å². The Morgan fingerprint density at radius 2 is 2.11 bits per heavy atom. The molecule has 1 rings (SSSR count). The van der Waals surface area contributed by atoms with Crippen LogP contribution in [0.25, 0.3) is 0 Å². The van der Waals surface area contributed by atoms with Gasteiger partial charge in [0.1, 0.15) is 11.8 Å². The van der Waals surface area contributed by atoms with Crippen molar-refractivity contribution in [1.82, 2.24) is 0 Å². The van der Waals surface area contributed by atoms with Gasteiger partial charge in [-0.15, -0.1) is 0 Å². The van der Waals surface area contributed by atoms with Gasteiger partial charge in [0, 0.05) is 18.1 Å². The largest absolute Gasteiger partial charge is 0.506 e. The molecule has 0 bridgehead atoms. The number of methoxy groups -OCH3 is 2. The fourth-order valence-electron chi connectivity index (χ4n) is 1.52. The number of carbonyl (C=O) groups is 1. The molecular formula is C11H14ClNO5. The van der Waals surface area contributed by atoms with Gasteiger partial charge in [0.2, 0.25) is 0 Å². The Morgan fingerprint density at radius 3 is 2.56 bits per heavy atom. The SMILES string of the molecule is COc1cc(O)c(Cl)c(CC(N)C(=O)O)c1OC. The number of halogens is 1. The number of phenols is 1. The van der Waals surface area contributed by atoms with E-state index in [1.807, 2.05) is 0 Å². The lowest BCUT2D eigenvalue weighted by Crippen LogP contribution is -2.32. The van der Waals surface area contributed by atoms with Crippen molar-refractivity contribution in [3.63, 3.8) is 0 Å². The van der Waals surface area contributed by atoms with Crippen LogP contribution in [0.3, 0.4) is 0 Å². The molecule has 0 heterocycles. The van der Waals surface area contributed by atoms with Gasteiger partial charge in [0.25, 0.3) is 0 Å². The predicted octanol–water partition coefficient (Wildman–Crippen LogP) is 1.02. The van der Waals surface area contributed by atoms with Crippen LogP contribution in [0.1, 0.15) is 5.56 Å². The van der Waals surface area contributed by atoms with Crippen LogP contribution in [0.15, 0.2) is 6.07 Å². The van der Waals surface area contributed by atoms with Crippen molar-refractivity contribution in [2.75, 3.05) is 14.2 Å². The predicted molar refractivity (Wildman–Crippen MR) is 65.5 cm³/mol. The summed E-state index contributed by atoms with van der Waals surface area (Å²) in [5.74, 6) is -0.874. The standard InChI is InChI=1S/C11H14ClNO5/c1-17-8-4-7(14)9(12)5(10(8)18-2)3-6(13)11(15)16/h4,6,14H,3,13H2,1-2H3,(H,15,16). The van der Waals surface area contributed by atoms with Gasteiger partial charge in [-0.2, -0.15) is 0 Å². The number of phenolic OH excluding ortho intramolecular Hbond substituents is 1. The summed E-state index contributed by atoms with van der Waals surface area (Å²) in [6.07, 6.45) is -0.0813. The van der Waals surface area contributed by atoms with Crippen LogP contribution < -0.4 is 15.2 Å². The molecule has 7 heteroatoms. The summed E-state index contributed by atoms with van der Waals surface area (Å²) in [4.78, 5) is 10.8. The zero-order valence-electron chi connectivity index (χ0n) is 9.94. The minimum absolute atomic E-state index is 0.00403. The Morgan fingerprint density at radius 1 is 1.50 bits per heavy atom. The summed E-state index contributed by atoms with van der Waals surface area (Å²) < 4.78 is 10.1. The number of aliphatic carboxylic acids is 1. The number of hydrogen-bond donors (Lipinski definition) is 3. The van der Waals surface area contributed by atoms with E-state index < -0.39 is 12.0 Å². The molecule has 0 aliphatic heterocycles. The number of aromatic hydroxyl groups is 1. The van der Waals surface area contributed by atoms with Crippen molar-refractivity contribution in [3.8, 4) is 17.2 Å². The highest BCUT2D eigenvalue weighted by atomic mass is 35.5. The number of nitrogens with two attached hydrogens (primary N) is 1. The average Bonchev–Trinajstić information content (AvgIpc) is 2.34. The second-order valence-electron chi connectivity index (χ2n) is 3.57. The number of hydrogen-bond acceptors (Lipinski definition) is 5. The molecule has 0 saturated heterocycles. The summed E-state index contributed by atoms with van der Waals surface area (Å²) >= 11 is 5.92. The Balaban J connectivity index is 3.30. The molecule has 6 nitrogen and oxygen atoms in total. The molecule has 1 aromatic carbocycles. The first-order valence-corrected chi connectivity index (χ1v) is 5.40. The fraction of sp³-hybridized carbons (Fsp3) is 0.364. The fourth-order valence-corrected chi connectivity index (χ4v) is 1.74. The Hall–Kier alpha value is -1.66. The van der Waals surface area contributed by atoms with Crippen molar-refractivity contribution < 1.29 is 24.5 Å². The van der Waals surface area contributed by atoms with Crippen molar-refractivity contribution in [3.05, 3.63) is 16.7 Å². The van der Waals surface area contributed by atoms with E-state index in [9.17, 15) is 9.90 Å². The lowest BCUT2D eigenvalue weighted by atomic mass is 10.0. The molecule has 0 saturated carbocycles. The smallest absolute Gasteiger partial charge is 0.320 e. The topological polar surface area (TPSA) is 102 Å². The highest BCUT2D eigenvalue weighted by Gasteiger charge is 2.22. The van der Waals surface area contributed by atoms with Gasteiger partial charge in [-0.25, -0.2) is 0 Å². The summed E-state index contributed by atoms with van der Waals surface area (Å²) in [6.45, 7) is 0. The van der Waals surface area contributed by atoms with Crippen molar-refractivity contribution in [2.45, 2.75) is 12.5 Å². The van der Waals surface area contributed by atoms with E-state index in [4.69, 9.17) is 31.9 Å². The monoisotopic (exact) mass is 275 g/mol. The molecule has 0 fully saturated rings. The van der Waals surface area contributed by atoms with E-state index in [1.165, 1.54) is 20.3 Å². The van der Waals surface area contributed by atoms with Crippen LogP contribution in [0.5, 0.6) is 17.2 Å². The Labute approximate surface area is 109 Å². The molecule has 0 aliphatic carbocycles. The third-order valence-corrected chi connectivity index (χ3v) is 2.84. The summed E-state index contributed by atoms with van der Waals surface area (Å²) in [7, 11) is 2.78. The van der Waals surface area contributed by atoms with E-state index in [0.717, 1.165) is 0 Å². The molecule has 0 amide bonds. The van der Waals surface area contributed by atoms with Gasteiger partial charge in [0.05, 0.1) is 19.2 Å². The van der Waals surface area contributed by atoms with Crippen LogP contribution in [0, 0.1) is 0 Å². The summed E-state index contributed by atoms with van der Waals surface area (Å²) in [6, 6.07) is 0.139. The maximum absolute atomic E-state index is 10.8. The van der Waals surface area contributed by atoms with Crippen LogP contribution in [-0.2, 0) is 11.2 Å². The number of benzene rings is 1. The van der Waals surface area contributed by atoms with Gasteiger partial charge in [0.15, 0.2) is 11.5 Å². The van der Waals surface area contributed by atoms with Crippen LogP contribution in [0.4, 0.5) is 0 Å². The van der Waals surface area contributed by atoms with E-state index in [0.29, 0.717) is 5.56 Å². The number of ether oxygens (including phenoxy) is 2. The molecule has 4 N–H and O–H groups in total. The van der Waals surface area contributed by atoms with Crippen LogP contribution in [-0.4, -0.2) is 36.4 Å². The minimum Gasteiger partial charge on any atom is -0.506 e. The zero-order valence-corrected chi connectivity index (χ0v) is 10.7. The molecule has 0 radical (unpaired) electrons. The highest BCUT2D eigenvalue weighted by molar-refractivity contribution is 6.33. The lowest BCUT2D eigenvalue weighted by Gasteiger charge is -2.16. The van der Waals surface area contributed by atoms with Crippen molar-refractivity contribution >= 4 is 17.6 Å². The number of carboxylic acids is 1. The Bertz CT molecular complexity index is 463. The van der Waals surface area contributed by atoms with Gasteiger partial charge < -0.3 is 25.4 Å². The van der Waals surface area contributed by atoms with E-state index >= 15 is 0 Å². The van der Waals surface area contributed by atoms with E-state index in [-0.39, 0.29) is 28.7 Å². The molecule has 0 spiro atoms. The number of rotatable bonds is 5. The molecule has 0 aliphatic rings. The van der Waals surface area contributed by atoms with E-state index in [1.54, 1.807) is 0 Å².